The number of aryl methyl sites for hydroxylation is 1. The largest absolute Gasteiger partial charge is 0.361 e. The Balaban J connectivity index is 2.02. The first-order chi connectivity index (χ1) is 7.81. The molecule has 1 heterocycles. The number of H-pyrrole nitrogens is 1. The summed E-state index contributed by atoms with van der Waals surface area (Å²) in [6, 6.07) is 8.19. The molecule has 0 saturated heterocycles. The molecule has 4 heteroatoms. The van der Waals surface area contributed by atoms with E-state index in [9.17, 15) is 4.79 Å². The lowest BCUT2D eigenvalue weighted by Crippen LogP contribution is -1.96. The molecule has 2 aromatic rings. The van der Waals surface area contributed by atoms with Crippen molar-refractivity contribution in [3.05, 3.63) is 36.0 Å². The number of hydrogen-bond donors (Lipinski definition) is 2. The van der Waals surface area contributed by atoms with Crippen LogP contribution in [0.4, 0.5) is 0 Å². The number of carbonyl (C=O) groups is 1. The molecule has 0 unspecified atom stereocenters. The van der Waals surface area contributed by atoms with Crippen LogP contribution in [0.2, 0.25) is 0 Å². The standard InChI is InChI=1S/C12H14N2OS/c13-16-12(15)7-3-4-9-8-14-11-6-2-1-5-10(9)11/h1-2,5-6,8,14H,3-4,7,13H2. The van der Waals surface area contributed by atoms with Gasteiger partial charge in [-0.2, -0.15) is 0 Å². The normalized spacial score (nSPS) is 10.8. The van der Waals surface area contributed by atoms with Gasteiger partial charge in [-0.05, 0) is 36.4 Å². The zero-order valence-corrected chi connectivity index (χ0v) is 9.72. The third-order valence-corrected chi connectivity index (χ3v) is 3.10. The third-order valence-electron chi connectivity index (χ3n) is 2.63. The lowest BCUT2D eigenvalue weighted by atomic mass is 10.1. The van der Waals surface area contributed by atoms with Gasteiger partial charge in [-0.15, -0.1) is 0 Å². The Morgan fingerprint density at radius 1 is 1.38 bits per heavy atom. The van der Waals surface area contributed by atoms with Gasteiger partial charge in [0, 0.05) is 23.5 Å². The van der Waals surface area contributed by atoms with E-state index in [1.165, 1.54) is 10.9 Å². The quantitative estimate of drug-likeness (QED) is 0.799. The van der Waals surface area contributed by atoms with E-state index in [0.29, 0.717) is 6.42 Å². The van der Waals surface area contributed by atoms with E-state index >= 15 is 0 Å². The van der Waals surface area contributed by atoms with Crippen LogP contribution in [-0.2, 0) is 11.2 Å². The van der Waals surface area contributed by atoms with Gasteiger partial charge in [-0.3, -0.25) is 9.93 Å². The average Bonchev–Trinajstić information content (AvgIpc) is 2.73. The maximum absolute atomic E-state index is 11.0. The summed E-state index contributed by atoms with van der Waals surface area (Å²) >= 11 is 0.819. The molecule has 0 spiro atoms. The van der Waals surface area contributed by atoms with Crippen molar-refractivity contribution in [3.63, 3.8) is 0 Å². The van der Waals surface area contributed by atoms with Crippen molar-refractivity contribution in [2.75, 3.05) is 0 Å². The third kappa shape index (κ3) is 2.46. The molecule has 1 aromatic carbocycles. The van der Waals surface area contributed by atoms with Crippen LogP contribution in [0.3, 0.4) is 0 Å². The Labute approximate surface area is 98.5 Å². The number of nitrogens with one attached hydrogen (secondary N) is 1. The summed E-state index contributed by atoms with van der Waals surface area (Å²) < 4.78 is 0. The van der Waals surface area contributed by atoms with Crippen molar-refractivity contribution < 1.29 is 4.79 Å². The summed E-state index contributed by atoms with van der Waals surface area (Å²) in [5, 5.41) is 6.48. The second kappa shape index (κ2) is 5.18. The van der Waals surface area contributed by atoms with Crippen LogP contribution < -0.4 is 5.14 Å². The highest BCUT2D eigenvalue weighted by Gasteiger charge is 2.04. The van der Waals surface area contributed by atoms with Gasteiger partial charge >= 0.3 is 0 Å². The van der Waals surface area contributed by atoms with Crippen molar-refractivity contribution >= 4 is 28.0 Å². The fourth-order valence-corrected chi connectivity index (χ4v) is 2.08. The molecule has 0 amide bonds. The maximum Gasteiger partial charge on any atom is 0.203 e. The van der Waals surface area contributed by atoms with Crippen LogP contribution in [0.25, 0.3) is 10.9 Å². The highest BCUT2D eigenvalue weighted by atomic mass is 32.2. The number of fused-ring (bicyclic) bond motifs is 1. The van der Waals surface area contributed by atoms with Crippen molar-refractivity contribution in [1.82, 2.24) is 4.98 Å². The fraction of sp³-hybridized carbons (Fsp3) is 0.250. The van der Waals surface area contributed by atoms with Crippen LogP contribution in [0, 0.1) is 0 Å². The molecule has 0 radical (unpaired) electrons. The summed E-state index contributed by atoms with van der Waals surface area (Å²) in [5.74, 6) is 0. The van der Waals surface area contributed by atoms with E-state index in [1.54, 1.807) is 0 Å². The number of aromatic amines is 1. The van der Waals surface area contributed by atoms with Gasteiger partial charge in [-0.25, -0.2) is 0 Å². The van der Waals surface area contributed by atoms with Crippen LogP contribution in [0.15, 0.2) is 30.5 Å². The molecule has 3 N–H and O–H groups in total. The lowest BCUT2D eigenvalue weighted by molar-refractivity contribution is -0.111. The van der Waals surface area contributed by atoms with Crippen molar-refractivity contribution in [2.24, 2.45) is 5.14 Å². The van der Waals surface area contributed by atoms with Gasteiger partial charge in [0.25, 0.3) is 0 Å². The van der Waals surface area contributed by atoms with Gasteiger partial charge < -0.3 is 4.98 Å². The summed E-state index contributed by atoms with van der Waals surface area (Å²) in [7, 11) is 0. The van der Waals surface area contributed by atoms with Gasteiger partial charge in [0.1, 0.15) is 0 Å². The monoisotopic (exact) mass is 234 g/mol. The van der Waals surface area contributed by atoms with E-state index in [2.05, 4.69) is 17.1 Å². The Morgan fingerprint density at radius 2 is 2.19 bits per heavy atom. The zero-order chi connectivity index (χ0) is 11.4. The Morgan fingerprint density at radius 3 is 3.00 bits per heavy atom. The maximum atomic E-state index is 11.0. The number of hydrogen-bond acceptors (Lipinski definition) is 3. The molecular weight excluding hydrogens is 220 g/mol. The van der Waals surface area contributed by atoms with E-state index in [-0.39, 0.29) is 5.12 Å². The lowest BCUT2D eigenvalue weighted by Gasteiger charge is -1.98. The molecule has 2 rings (SSSR count). The summed E-state index contributed by atoms with van der Waals surface area (Å²) in [5.41, 5.74) is 2.42. The number of para-hydroxylation sites is 1. The minimum absolute atomic E-state index is 0.0554. The highest BCUT2D eigenvalue weighted by Crippen LogP contribution is 2.19. The molecule has 0 aliphatic rings. The first-order valence-corrected chi connectivity index (χ1v) is 6.14. The SMILES string of the molecule is NSC(=O)CCCc1c[nH]c2ccccc12. The topological polar surface area (TPSA) is 58.9 Å². The van der Waals surface area contributed by atoms with E-state index < -0.39 is 0 Å². The van der Waals surface area contributed by atoms with Gasteiger partial charge in [0.15, 0.2) is 0 Å². The molecule has 0 fully saturated rings. The average molecular weight is 234 g/mol. The number of aromatic nitrogens is 1. The molecule has 0 saturated carbocycles. The number of nitrogens with two attached hydrogens (primary N) is 1. The summed E-state index contributed by atoms with van der Waals surface area (Å²) in [6.45, 7) is 0. The number of carbonyl (C=O) groups excluding carboxylic acids is 1. The molecule has 84 valence electrons. The first kappa shape index (κ1) is 11.2. The molecular formula is C12H14N2OS. The van der Waals surface area contributed by atoms with Gasteiger partial charge in [0.2, 0.25) is 5.12 Å². The smallest absolute Gasteiger partial charge is 0.203 e. The molecule has 0 aliphatic heterocycles. The van der Waals surface area contributed by atoms with Crippen molar-refractivity contribution in [2.45, 2.75) is 19.3 Å². The summed E-state index contributed by atoms with van der Waals surface area (Å²) in [4.78, 5) is 14.3. The van der Waals surface area contributed by atoms with E-state index in [4.69, 9.17) is 5.14 Å². The summed E-state index contributed by atoms with van der Waals surface area (Å²) in [6.07, 6.45) is 4.33. The van der Waals surface area contributed by atoms with Gasteiger partial charge in [-0.1, -0.05) is 18.2 Å². The van der Waals surface area contributed by atoms with Crippen LogP contribution >= 0.6 is 11.9 Å². The second-order valence-electron chi connectivity index (χ2n) is 3.70. The second-order valence-corrected chi connectivity index (χ2v) is 4.39. The molecule has 3 nitrogen and oxygen atoms in total. The molecule has 1 aromatic heterocycles. The van der Waals surface area contributed by atoms with E-state index in [0.717, 1.165) is 30.3 Å². The molecule has 16 heavy (non-hydrogen) atoms. The van der Waals surface area contributed by atoms with Crippen LogP contribution in [-0.4, -0.2) is 10.1 Å². The number of benzene rings is 1. The number of rotatable bonds is 4. The van der Waals surface area contributed by atoms with Crippen LogP contribution in [0.5, 0.6) is 0 Å². The van der Waals surface area contributed by atoms with Crippen molar-refractivity contribution in [3.8, 4) is 0 Å². The predicted molar refractivity (Wildman–Crippen MR) is 68.0 cm³/mol. The fourth-order valence-electron chi connectivity index (χ4n) is 1.82. The Hall–Kier alpha value is -1.26. The van der Waals surface area contributed by atoms with Crippen LogP contribution in [0.1, 0.15) is 18.4 Å². The van der Waals surface area contributed by atoms with Gasteiger partial charge in [0.05, 0.1) is 0 Å². The van der Waals surface area contributed by atoms with Crippen molar-refractivity contribution in [1.29, 1.82) is 0 Å². The first-order valence-electron chi connectivity index (χ1n) is 5.26. The minimum Gasteiger partial charge on any atom is -0.361 e. The van der Waals surface area contributed by atoms with E-state index in [1.807, 2.05) is 18.3 Å². The zero-order valence-electron chi connectivity index (χ0n) is 8.90. The molecule has 0 bridgehead atoms. The Bertz CT molecular complexity index is 492. The predicted octanol–water partition coefficient (Wildman–Crippen LogP) is 2.62. The molecule has 0 atom stereocenters. The molecule has 0 aliphatic carbocycles. The Kier molecular flexibility index (Phi) is 3.64. The minimum atomic E-state index is 0.0554. The highest BCUT2D eigenvalue weighted by molar-refractivity contribution is 8.11.